The van der Waals surface area contributed by atoms with Gasteiger partial charge >= 0.3 is 0 Å². The molecule has 0 N–H and O–H groups in total. The third-order valence-corrected chi connectivity index (χ3v) is 14.5. The molecular weight excluding hydrogens is 747 g/mol. The Balaban J connectivity index is 1.17. The Morgan fingerprint density at radius 1 is 0.355 bits per heavy atom. The Labute approximate surface area is 367 Å². The molecule has 0 radical (unpaired) electrons. The molecule has 9 aromatic rings. The molecule has 0 aliphatic heterocycles. The van der Waals surface area contributed by atoms with Gasteiger partial charge in [0.15, 0.2) is 0 Å². The summed E-state index contributed by atoms with van der Waals surface area (Å²) in [6.45, 7) is 14.6. The van der Waals surface area contributed by atoms with E-state index in [-0.39, 0.29) is 16.2 Å². The van der Waals surface area contributed by atoms with Gasteiger partial charge in [0.1, 0.15) is 0 Å². The molecule has 2 aliphatic rings. The third kappa shape index (κ3) is 6.04. The first kappa shape index (κ1) is 38.2. The summed E-state index contributed by atoms with van der Waals surface area (Å²) in [6, 6.07) is 70.5. The molecule has 0 atom stereocenters. The van der Waals surface area contributed by atoms with Crippen molar-refractivity contribution < 1.29 is 0 Å². The first-order valence-corrected chi connectivity index (χ1v) is 22.4. The van der Waals surface area contributed by atoms with Crippen molar-refractivity contribution in [2.45, 2.75) is 70.6 Å². The van der Waals surface area contributed by atoms with E-state index in [1.807, 2.05) is 0 Å². The van der Waals surface area contributed by atoms with Crippen LogP contribution in [0.15, 0.2) is 188 Å². The van der Waals surface area contributed by atoms with Gasteiger partial charge in [-0.05, 0) is 149 Å². The molecule has 0 saturated carbocycles. The van der Waals surface area contributed by atoms with Crippen LogP contribution in [0.3, 0.4) is 0 Å². The van der Waals surface area contributed by atoms with Crippen LogP contribution in [0, 0.1) is 0 Å². The topological polar surface area (TPSA) is 3.24 Å². The van der Waals surface area contributed by atoms with E-state index in [2.05, 4.69) is 234 Å². The standard InChI is InChI=1S/C61H53N/c1-59(2)35-36-60(3,4)58-50(24-16-26-55(58)59)53-38-52-49-23-14-15-25-54(49)61(5,6)56(52)39-57(53)62(44-31-27-41(28-32-44)40-17-8-7-9-18-40)45-33-29-42(30-34-45)51-37-43-19-10-11-20-46(43)47-21-12-13-22-48(47)51/h7-34,37-39H,35-36H2,1-6H3. The lowest BCUT2D eigenvalue weighted by Gasteiger charge is -2.43. The van der Waals surface area contributed by atoms with Gasteiger partial charge in [-0.2, -0.15) is 0 Å². The van der Waals surface area contributed by atoms with Gasteiger partial charge in [-0.15, -0.1) is 0 Å². The fraction of sp³-hybridized carbons (Fsp3) is 0.180. The molecule has 0 bridgehead atoms. The average Bonchev–Trinajstić information content (AvgIpc) is 3.53. The number of nitrogens with zero attached hydrogens (tertiary/aromatic N) is 1. The second-order valence-corrected chi connectivity index (χ2v) is 19.6. The van der Waals surface area contributed by atoms with Crippen LogP contribution in [-0.2, 0) is 16.2 Å². The molecule has 0 aromatic heterocycles. The summed E-state index contributed by atoms with van der Waals surface area (Å²) in [4.78, 5) is 2.53. The molecule has 302 valence electrons. The third-order valence-electron chi connectivity index (χ3n) is 14.5. The predicted molar refractivity (Wildman–Crippen MR) is 265 cm³/mol. The van der Waals surface area contributed by atoms with Crippen molar-refractivity contribution in [3.05, 3.63) is 210 Å². The normalized spacial score (nSPS) is 15.5. The maximum atomic E-state index is 2.55. The van der Waals surface area contributed by atoms with Crippen LogP contribution in [0.5, 0.6) is 0 Å². The molecule has 0 fully saturated rings. The first-order valence-electron chi connectivity index (χ1n) is 22.4. The Morgan fingerprint density at radius 3 is 1.66 bits per heavy atom. The summed E-state index contributed by atoms with van der Waals surface area (Å²) in [6.07, 6.45) is 2.32. The van der Waals surface area contributed by atoms with Crippen molar-refractivity contribution in [3.63, 3.8) is 0 Å². The van der Waals surface area contributed by atoms with E-state index in [1.165, 1.54) is 100 Å². The van der Waals surface area contributed by atoms with Gasteiger partial charge in [-0.1, -0.05) is 187 Å². The lowest BCUT2D eigenvalue weighted by Crippen LogP contribution is -2.34. The summed E-state index contributed by atoms with van der Waals surface area (Å²) < 4.78 is 0. The van der Waals surface area contributed by atoms with Crippen LogP contribution >= 0.6 is 0 Å². The Kier molecular flexibility index (Phi) is 8.75. The number of hydrogen-bond acceptors (Lipinski definition) is 1. The van der Waals surface area contributed by atoms with Crippen molar-refractivity contribution in [1.29, 1.82) is 0 Å². The number of rotatable bonds is 6. The minimum atomic E-state index is -0.166. The largest absolute Gasteiger partial charge is 0.310 e. The zero-order valence-corrected chi connectivity index (χ0v) is 36.8. The number of hydrogen-bond donors (Lipinski definition) is 0. The van der Waals surface area contributed by atoms with Gasteiger partial charge in [0.05, 0.1) is 5.69 Å². The molecular formula is C61H53N. The minimum absolute atomic E-state index is 0.0152. The van der Waals surface area contributed by atoms with Crippen molar-refractivity contribution in [1.82, 2.24) is 0 Å². The lowest BCUT2D eigenvalue weighted by atomic mass is 9.61. The van der Waals surface area contributed by atoms with Gasteiger partial charge in [0.2, 0.25) is 0 Å². The Morgan fingerprint density at radius 2 is 0.919 bits per heavy atom. The predicted octanol–water partition coefficient (Wildman–Crippen LogP) is 17.1. The van der Waals surface area contributed by atoms with Crippen LogP contribution in [0.4, 0.5) is 17.1 Å². The average molecular weight is 800 g/mol. The van der Waals surface area contributed by atoms with Crippen molar-refractivity contribution in [2.24, 2.45) is 0 Å². The molecule has 0 unspecified atom stereocenters. The SMILES string of the molecule is CC1(C)CCC(C)(C)c2c(-c3cc4c(cc3N(c3ccc(-c5ccccc5)cc3)c3ccc(-c5cc6ccccc6c6ccccc56)cc3)C(C)(C)c3ccccc3-4)cccc21. The highest BCUT2D eigenvalue weighted by Crippen LogP contribution is 2.56. The Hall–Kier alpha value is -6.70. The second kappa shape index (κ2) is 14.2. The van der Waals surface area contributed by atoms with Crippen molar-refractivity contribution in [2.75, 3.05) is 4.90 Å². The van der Waals surface area contributed by atoms with Crippen LogP contribution in [0.25, 0.3) is 66.1 Å². The van der Waals surface area contributed by atoms with Gasteiger partial charge in [-0.25, -0.2) is 0 Å². The molecule has 0 saturated heterocycles. The van der Waals surface area contributed by atoms with Gasteiger partial charge in [0, 0.05) is 22.4 Å². The summed E-state index contributed by atoms with van der Waals surface area (Å²) in [7, 11) is 0. The fourth-order valence-electron chi connectivity index (χ4n) is 11.0. The van der Waals surface area contributed by atoms with E-state index in [1.54, 1.807) is 0 Å². The van der Waals surface area contributed by atoms with Crippen LogP contribution in [-0.4, -0.2) is 0 Å². The van der Waals surface area contributed by atoms with Crippen LogP contribution in [0.2, 0.25) is 0 Å². The molecule has 62 heavy (non-hydrogen) atoms. The molecule has 0 heterocycles. The lowest BCUT2D eigenvalue weighted by molar-refractivity contribution is 0.333. The minimum Gasteiger partial charge on any atom is -0.310 e. The van der Waals surface area contributed by atoms with Crippen molar-refractivity contribution in [3.8, 4) is 44.5 Å². The summed E-state index contributed by atoms with van der Waals surface area (Å²) in [5, 5.41) is 5.11. The molecule has 1 nitrogen and oxygen atoms in total. The van der Waals surface area contributed by atoms with E-state index >= 15 is 0 Å². The summed E-state index contributed by atoms with van der Waals surface area (Å²) in [5.41, 5.74) is 19.3. The maximum Gasteiger partial charge on any atom is 0.0543 e. The van der Waals surface area contributed by atoms with Gasteiger partial charge in [0.25, 0.3) is 0 Å². The first-order chi connectivity index (χ1) is 30.0. The summed E-state index contributed by atoms with van der Waals surface area (Å²) >= 11 is 0. The Bertz CT molecular complexity index is 3180. The highest BCUT2D eigenvalue weighted by molar-refractivity contribution is 6.13. The van der Waals surface area contributed by atoms with E-state index in [4.69, 9.17) is 0 Å². The second-order valence-electron chi connectivity index (χ2n) is 19.6. The summed E-state index contributed by atoms with van der Waals surface area (Å²) in [5.74, 6) is 0. The molecule has 2 aliphatic carbocycles. The van der Waals surface area contributed by atoms with Gasteiger partial charge in [-0.3, -0.25) is 0 Å². The number of anilines is 3. The van der Waals surface area contributed by atoms with E-state index in [0.717, 1.165) is 17.8 Å². The monoisotopic (exact) mass is 799 g/mol. The molecule has 11 rings (SSSR count). The van der Waals surface area contributed by atoms with Crippen LogP contribution in [0.1, 0.15) is 76.6 Å². The van der Waals surface area contributed by atoms with Gasteiger partial charge < -0.3 is 4.90 Å². The van der Waals surface area contributed by atoms with Crippen LogP contribution < -0.4 is 4.90 Å². The highest BCUT2D eigenvalue weighted by Gasteiger charge is 2.41. The fourth-order valence-corrected chi connectivity index (χ4v) is 11.0. The quantitative estimate of drug-likeness (QED) is 0.151. The molecule has 0 amide bonds. The molecule has 0 spiro atoms. The molecule has 1 heteroatoms. The smallest absolute Gasteiger partial charge is 0.0543 e. The zero-order chi connectivity index (χ0) is 42.4. The number of fused-ring (bicyclic) bond motifs is 7. The zero-order valence-electron chi connectivity index (χ0n) is 36.8. The molecule has 9 aromatic carbocycles. The maximum absolute atomic E-state index is 2.55. The van der Waals surface area contributed by atoms with E-state index in [0.29, 0.717) is 0 Å². The highest BCUT2D eigenvalue weighted by atomic mass is 15.1. The van der Waals surface area contributed by atoms with E-state index in [9.17, 15) is 0 Å². The van der Waals surface area contributed by atoms with Crippen molar-refractivity contribution >= 4 is 38.6 Å². The van der Waals surface area contributed by atoms with E-state index < -0.39 is 0 Å². The number of benzene rings is 9.